The maximum atomic E-state index is 12.4. The van der Waals surface area contributed by atoms with E-state index in [1.165, 1.54) is 0 Å². The number of quaternary nitrogens is 2. The van der Waals surface area contributed by atoms with E-state index in [4.69, 9.17) is 4.74 Å². The highest BCUT2D eigenvalue weighted by Crippen LogP contribution is 2.25. The number of aromatic nitrogens is 2. The molecule has 0 radical (unpaired) electrons. The first-order chi connectivity index (χ1) is 13.1. The second-order valence-corrected chi connectivity index (χ2v) is 6.62. The van der Waals surface area contributed by atoms with Crippen molar-refractivity contribution in [1.29, 1.82) is 0 Å². The van der Waals surface area contributed by atoms with Gasteiger partial charge in [0.05, 0.1) is 31.2 Å². The zero-order valence-electron chi connectivity index (χ0n) is 16.4. The fourth-order valence-corrected chi connectivity index (χ4v) is 2.94. The first kappa shape index (κ1) is 24.7. The molecule has 0 spiro atoms. The minimum atomic E-state index is -0.208. The summed E-state index contributed by atoms with van der Waals surface area (Å²) < 4.78 is 5.20. The number of carbonyl (C=O) groups is 1. The largest absolute Gasteiger partial charge is 1.00 e. The van der Waals surface area contributed by atoms with Crippen LogP contribution in [0.5, 0.6) is 5.75 Å². The Morgan fingerprint density at radius 1 is 1.17 bits per heavy atom. The lowest BCUT2D eigenvalue weighted by Crippen LogP contribution is -3.00. The van der Waals surface area contributed by atoms with E-state index in [0.717, 1.165) is 47.3 Å². The van der Waals surface area contributed by atoms with Crippen LogP contribution in [0.4, 0.5) is 0 Å². The molecule has 0 fully saturated rings. The van der Waals surface area contributed by atoms with Gasteiger partial charge in [-0.1, -0.05) is 18.2 Å². The van der Waals surface area contributed by atoms with Crippen LogP contribution in [0.3, 0.4) is 0 Å². The highest BCUT2D eigenvalue weighted by molar-refractivity contribution is 5.94. The minimum Gasteiger partial charge on any atom is -1.00 e. The average molecular weight is 440 g/mol. The fourth-order valence-electron chi connectivity index (χ4n) is 2.94. The molecule has 1 heterocycles. The van der Waals surface area contributed by atoms with Crippen molar-refractivity contribution in [1.82, 2.24) is 15.3 Å². The number of imidazole rings is 1. The Morgan fingerprint density at radius 2 is 1.86 bits per heavy atom. The number of ether oxygens (including phenoxy) is 1. The van der Waals surface area contributed by atoms with E-state index >= 15 is 0 Å². The van der Waals surface area contributed by atoms with Crippen molar-refractivity contribution in [3.8, 4) is 16.9 Å². The van der Waals surface area contributed by atoms with Crippen molar-refractivity contribution >= 4 is 16.9 Å². The highest BCUT2D eigenvalue weighted by Gasteiger charge is 2.14. The predicted octanol–water partition coefficient (Wildman–Crippen LogP) is -5.39. The first-order valence-electron chi connectivity index (χ1n) is 9.15. The Balaban J connectivity index is 0.00000210. The summed E-state index contributed by atoms with van der Waals surface area (Å²) in [5.41, 5.74) is 11.6. The smallest absolute Gasteiger partial charge is 0.287 e. The van der Waals surface area contributed by atoms with Gasteiger partial charge in [0.25, 0.3) is 5.91 Å². The lowest BCUT2D eigenvalue weighted by Gasteiger charge is -2.07. The Bertz CT molecular complexity index is 915. The molecule has 158 valence electrons. The van der Waals surface area contributed by atoms with Gasteiger partial charge in [-0.25, -0.2) is 4.98 Å². The molecule has 0 aliphatic carbocycles. The molecule has 2 aromatic carbocycles. The topological polar surface area (TPSA) is 122 Å². The molecule has 1 amide bonds. The van der Waals surface area contributed by atoms with Gasteiger partial charge in [-0.15, -0.1) is 0 Å². The average Bonchev–Trinajstić information content (AvgIpc) is 3.14. The molecule has 0 saturated heterocycles. The Morgan fingerprint density at radius 3 is 2.52 bits per heavy atom. The molecule has 29 heavy (non-hydrogen) atoms. The van der Waals surface area contributed by atoms with Crippen LogP contribution in [-0.4, -0.2) is 42.1 Å². The first-order valence-corrected chi connectivity index (χ1v) is 9.15. The number of carbonyl (C=O) groups excluding carboxylic acids is 1. The van der Waals surface area contributed by atoms with Gasteiger partial charge < -0.3 is 51.3 Å². The third-order valence-corrected chi connectivity index (χ3v) is 4.53. The van der Waals surface area contributed by atoms with Crippen molar-refractivity contribution < 1.29 is 45.8 Å². The Kier molecular flexibility index (Phi) is 9.91. The van der Waals surface area contributed by atoms with Crippen LogP contribution in [-0.2, 0) is 0 Å². The number of nitrogens with zero attached hydrogens (tertiary/aromatic N) is 1. The van der Waals surface area contributed by atoms with Crippen LogP contribution in [0.25, 0.3) is 22.2 Å². The number of fused-ring (bicyclic) bond motifs is 1. The number of hydrogen-bond acceptors (Lipinski definition) is 3. The molecule has 0 saturated carbocycles. The van der Waals surface area contributed by atoms with Gasteiger partial charge in [-0.3, -0.25) is 4.79 Å². The van der Waals surface area contributed by atoms with E-state index in [0.29, 0.717) is 12.4 Å². The van der Waals surface area contributed by atoms with Crippen molar-refractivity contribution in [2.75, 3.05) is 20.2 Å². The van der Waals surface area contributed by atoms with Crippen LogP contribution in [0.1, 0.15) is 23.5 Å². The molecule has 8 N–H and O–H groups in total. The number of aromatic amines is 1. The fraction of sp³-hybridized carbons (Fsp3) is 0.300. The van der Waals surface area contributed by atoms with Gasteiger partial charge in [0.1, 0.15) is 11.8 Å². The normalized spacial score (nSPS) is 11.3. The summed E-state index contributed by atoms with van der Waals surface area (Å²) in [5, 5.41) is 2.90. The van der Waals surface area contributed by atoms with Crippen LogP contribution < -0.4 is 46.3 Å². The molecular weight excluding hydrogens is 413 g/mol. The standard InChI is InChI=1S/C20H25N5O2.2ClH/c1-27-16-7-4-13(5-8-16)14-6-9-17-18(11-14)25-19(24-17)20(26)23-12-15(22)3-2-10-21;;/h4-9,11,15H,2-3,10,12,21-22H2,1H3,(H,23,26)(H,24,25);2*1H/t15-;;/m0../s1. The summed E-state index contributed by atoms with van der Waals surface area (Å²) in [6.07, 6.45) is 1.97. The zero-order chi connectivity index (χ0) is 19.2. The summed E-state index contributed by atoms with van der Waals surface area (Å²) in [5.74, 6) is 0.931. The maximum Gasteiger partial charge on any atom is 0.287 e. The van der Waals surface area contributed by atoms with Gasteiger partial charge in [0.2, 0.25) is 0 Å². The van der Waals surface area contributed by atoms with Gasteiger partial charge in [-0.2, -0.15) is 0 Å². The molecular formula is C20H27Cl2N5O2. The third-order valence-electron chi connectivity index (χ3n) is 4.53. The molecule has 3 aromatic rings. The lowest BCUT2D eigenvalue weighted by molar-refractivity contribution is -0.423. The molecule has 0 aliphatic heterocycles. The summed E-state index contributed by atoms with van der Waals surface area (Å²) >= 11 is 0. The molecule has 1 atom stereocenters. The van der Waals surface area contributed by atoms with Crippen LogP contribution >= 0.6 is 0 Å². The number of halogens is 2. The van der Waals surface area contributed by atoms with E-state index < -0.39 is 0 Å². The van der Waals surface area contributed by atoms with Crippen molar-refractivity contribution in [2.24, 2.45) is 0 Å². The number of methoxy groups -OCH3 is 1. The van der Waals surface area contributed by atoms with Crippen LogP contribution in [0.2, 0.25) is 0 Å². The third kappa shape index (κ3) is 6.33. The molecule has 1 aromatic heterocycles. The van der Waals surface area contributed by atoms with Crippen LogP contribution in [0, 0.1) is 0 Å². The summed E-state index contributed by atoms with van der Waals surface area (Å²) in [7, 11) is 1.65. The van der Waals surface area contributed by atoms with E-state index in [-0.39, 0.29) is 36.8 Å². The Hall–Kier alpha value is -2.32. The zero-order valence-corrected chi connectivity index (χ0v) is 17.9. The number of H-pyrrole nitrogens is 1. The molecule has 7 nitrogen and oxygen atoms in total. The summed E-state index contributed by atoms with van der Waals surface area (Å²) in [6, 6.07) is 14.0. The van der Waals surface area contributed by atoms with Crippen molar-refractivity contribution in [3.63, 3.8) is 0 Å². The quantitative estimate of drug-likeness (QED) is 0.280. The van der Waals surface area contributed by atoms with E-state index in [9.17, 15) is 4.79 Å². The van der Waals surface area contributed by atoms with Gasteiger partial charge in [0, 0.05) is 12.8 Å². The molecule has 3 rings (SSSR count). The van der Waals surface area contributed by atoms with E-state index in [1.54, 1.807) is 7.11 Å². The number of benzene rings is 2. The Labute approximate surface area is 182 Å². The van der Waals surface area contributed by atoms with Gasteiger partial charge >= 0.3 is 0 Å². The summed E-state index contributed by atoms with van der Waals surface area (Å²) in [4.78, 5) is 19.9. The molecule has 0 aliphatic rings. The number of rotatable bonds is 8. The number of nitrogens with one attached hydrogen (secondary N) is 2. The SMILES string of the molecule is COc1ccc(-c2ccc3nc(C(=O)NC[C@@H]([NH3+])CCC[NH3+])[nH]c3c2)cc1.[Cl-].[Cl-]. The van der Waals surface area contributed by atoms with E-state index in [1.807, 2.05) is 42.5 Å². The second kappa shape index (κ2) is 11.6. The summed E-state index contributed by atoms with van der Waals surface area (Å²) in [6.45, 7) is 1.42. The second-order valence-electron chi connectivity index (χ2n) is 6.62. The molecule has 0 bridgehead atoms. The van der Waals surface area contributed by atoms with Gasteiger partial charge in [0.15, 0.2) is 5.82 Å². The number of hydrogen-bond donors (Lipinski definition) is 4. The minimum absolute atomic E-state index is 0. The highest BCUT2D eigenvalue weighted by atomic mass is 35.5. The number of amides is 1. The van der Waals surface area contributed by atoms with Crippen molar-refractivity contribution in [3.05, 3.63) is 48.3 Å². The van der Waals surface area contributed by atoms with Crippen molar-refractivity contribution in [2.45, 2.75) is 18.9 Å². The predicted molar refractivity (Wildman–Crippen MR) is 104 cm³/mol. The van der Waals surface area contributed by atoms with Crippen LogP contribution in [0.15, 0.2) is 42.5 Å². The van der Waals surface area contributed by atoms with Gasteiger partial charge in [-0.05, 0) is 35.4 Å². The lowest BCUT2D eigenvalue weighted by atomic mass is 10.1. The monoisotopic (exact) mass is 439 g/mol. The maximum absolute atomic E-state index is 12.4. The van der Waals surface area contributed by atoms with E-state index in [2.05, 4.69) is 26.8 Å². The molecule has 9 heteroatoms. The molecule has 0 unspecified atom stereocenters.